The van der Waals surface area contributed by atoms with Crippen LogP contribution in [0.5, 0.6) is 0 Å². The number of nitrogens with one attached hydrogen (secondary N) is 1. The van der Waals surface area contributed by atoms with Crippen LogP contribution in [0.3, 0.4) is 0 Å². The maximum atomic E-state index is 10.2. The van der Waals surface area contributed by atoms with Gasteiger partial charge in [-0.1, -0.05) is 12.8 Å². The van der Waals surface area contributed by atoms with Crippen LogP contribution in [0.25, 0.3) is 0 Å². The molecule has 1 atom stereocenters. The normalized spacial score (nSPS) is 17.1. The molecule has 1 aliphatic carbocycles. The minimum atomic E-state index is -0.572. The van der Waals surface area contributed by atoms with Gasteiger partial charge in [0.1, 0.15) is 18.3 Å². The van der Waals surface area contributed by atoms with Gasteiger partial charge in [-0.2, -0.15) is 0 Å². The highest BCUT2D eigenvalue weighted by molar-refractivity contribution is 6.21. The van der Waals surface area contributed by atoms with E-state index in [0.717, 1.165) is 12.8 Å². The van der Waals surface area contributed by atoms with Gasteiger partial charge in [0, 0.05) is 6.04 Å². The largest absolute Gasteiger partial charge is 0.466 e. The first-order valence-electron chi connectivity index (χ1n) is 6.28. The highest BCUT2D eigenvalue weighted by Crippen LogP contribution is 2.30. The molecule has 1 fully saturated rings. The summed E-state index contributed by atoms with van der Waals surface area (Å²) in [5, 5.41) is 2.74. The second-order valence-corrected chi connectivity index (χ2v) is 5.07. The molecule has 1 aromatic heterocycles. The Morgan fingerprint density at radius 1 is 1.53 bits per heavy atom. The Bertz CT molecular complexity index is 438. The van der Waals surface area contributed by atoms with Gasteiger partial charge in [-0.25, -0.2) is 9.97 Å². The van der Waals surface area contributed by atoms with Gasteiger partial charge in [0.05, 0.1) is 11.4 Å². The quantitative estimate of drug-likeness (QED) is 0.612. The van der Waals surface area contributed by atoms with Crippen molar-refractivity contribution in [2.75, 3.05) is 17.7 Å². The van der Waals surface area contributed by atoms with E-state index in [4.69, 9.17) is 17.3 Å². The summed E-state index contributed by atoms with van der Waals surface area (Å²) in [7, 11) is 0. The number of nitrogen functional groups attached to an aromatic ring is 1. The third-order valence-corrected chi connectivity index (χ3v) is 3.55. The molecule has 2 rings (SSSR count). The molecule has 1 saturated carbocycles. The number of anilines is 2. The zero-order chi connectivity index (χ0) is 13.7. The Morgan fingerprint density at radius 2 is 2.26 bits per heavy atom. The molecule has 1 unspecified atom stereocenters. The molecule has 0 spiro atoms. The number of aromatic nitrogens is 2. The van der Waals surface area contributed by atoms with Crippen LogP contribution in [0.4, 0.5) is 11.5 Å². The van der Waals surface area contributed by atoms with Gasteiger partial charge in [0.2, 0.25) is 0 Å². The Hall–Kier alpha value is -1.56. The minimum absolute atomic E-state index is 0.0368. The number of hydrogen-bond donors (Lipinski definition) is 2. The van der Waals surface area contributed by atoms with Crippen molar-refractivity contribution in [2.24, 2.45) is 0 Å². The molecule has 104 valence electrons. The van der Waals surface area contributed by atoms with Gasteiger partial charge < -0.3 is 15.8 Å². The molecule has 6 nitrogen and oxygen atoms in total. The Morgan fingerprint density at radius 3 is 2.95 bits per heavy atom. The van der Waals surface area contributed by atoms with Crippen LogP contribution < -0.4 is 11.1 Å². The fourth-order valence-electron chi connectivity index (χ4n) is 2.24. The molecule has 0 amide bonds. The fraction of sp³-hybridized carbons (Fsp3) is 0.583. The minimum Gasteiger partial charge on any atom is -0.466 e. The average Bonchev–Trinajstić information content (AvgIpc) is 2.91. The van der Waals surface area contributed by atoms with E-state index in [0.29, 0.717) is 29.7 Å². The molecule has 1 aromatic rings. The molecule has 0 radical (unpaired) electrons. The smallest absolute Gasteiger partial charge is 0.293 e. The van der Waals surface area contributed by atoms with E-state index in [9.17, 15) is 4.79 Å². The van der Waals surface area contributed by atoms with Crippen molar-refractivity contribution in [2.45, 2.75) is 37.1 Å². The van der Waals surface area contributed by atoms with Crippen molar-refractivity contribution >= 4 is 29.6 Å². The zero-order valence-corrected chi connectivity index (χ0v) is 11.3. The van der Waals surface area contributed by atoms with Crippen molar-refractivity contribution in [3.8, 4) is 0 Å². The summed E-state index contributed by atoms with van der Waals surface area (Å²) in [6.45, 7) is 0.388. The predicted molar refractivity (Wildman–Crippen MR) is 72.9 cm³/mol. The van der Waals surface area contributed by atoms with E-state index >= 15 is 0 Å². The van der Waals surface area contributed by atoms with E-state index in [1.165, 1.54) is 19.2 Å². The van der Waals surface area contributed by atoms with E-state index in [1.807, 2.05) is 0 Å². The summed E-state index contributed by atoms with van der Waals surface area (Å²) in [6.07, 6.45) is 6.11. The van der Waals surface area contributed by atoms with Crippen molar-refractivity contribution in [3.05, 3.63) is 12.0 Å². The summed E-state index contributed by atoms with van der Waals surface area (Å²) < 4.78 is 4.63. The van der Waals surface area contributed by atoms with E-state index in [1.54, 1.807) is 0 Å². The first kappa shape index (κ1) is 13.9. The van der Waals surface area contributed by atoms with Gasteiger partial charge in [-0.3, -0.25) is 4.79 Å². The van der Waals surface area contributed by atoms with Gasteiger partial charge in [-0.05, 0) is 12.8 Å². The predicted octanol–water partition coefficient (Wildman–Crippen LogP) is 1.87. The third-order valence-electron chi connectivity index (χ3n) is 3.22. The number of halogens is 1. The van der Waals surface area contributed by atoms with Gasteiger partial charge >= 0.3 is 0 Å². The molecular formula is C12H17ClN4O2. The van der Waals surface area contributed by atoms with Crippen molar-refractivity contribution in [1.82, 2.24) is 9.97 Å². The van der Waals surface area contributed by atoms with Gasteiger partial charge in [0.25, 0.3) is 6.47 Å². The number of ether oxygens (including phenoxy) is 1. The number of carbonyl (C=O) groups is 1. The number of nitrogens with zero attached hydrogens (tertiary/aromatic N) is 2. The summed E-state index contributed by atoms with van der Waals surface area (Å²) >= 11 is 6.10. The SMILES string of the molecule is Nc1c(NC2CCCC2)ncnc1C(Cl)COC=O. The molecule has 7 heteroatoms. The summed E-state index contributed by atoms with van der Waals surface area (Å²) in [6, 6.07) is 0.407. The molecule has 0 saturated heterocycles. The van der Waals surface area contributed by atoms with Crippen LogP contribution in [-0.4, -0.2) is 29.1 Å². The summed E-state index contributed by atoms with van der Waals surface area (Å²) in [5.74, 6) is 0.605. The molecule has 19 heavy (non-hydrogen) atoms. The topological polar surface area (TPSA) is 90.1 Å². The molecule has 0 bridgehead atoms. The fourth-order valence-corrected chi connectivity index (χ4v) is 2.49. The van der Waals surface area contributed by atoms with Crippen LogP contribution in [0.15, 0.2) is 6.33 Å². The summed E-state index contributed by atoms with van der Waals surface area (Å²) in [4.78, 5) is 18.4. The van der Waals surface area contributed by atoms with E-state index in [2.05, 4.69) is 20.0 Å². The first-order chi connectivity index (χ1) is 9.22. The molecule has 3 N–H and O–H groups in total. The second-order valence-electron chi connectivity index (χ2n) is 4.54. The highest BCUT2D eigenvalue weighted by atomic mass is 35.5. The molecule has 1 heterocycles. The van der Waals surface area contributed by atoms with Gasteiger partial charge in [-0.15, -0.1) is 11.6 Å². The highest BCUT2D eigenvalue weighted by Gasteiger charge is 2.20. The summed E-state index contributed by atoms with van der Waals surface area (Å²) in [5.41, 5.74) is 6.92. The lowest BCUT2D eigenvalue weighted by atomic mass is 10.2. The number of carbonyl (C=O) groups excluding carboxylic acids is 1. The average molecular weight is 285 g/mol. The zero-order valence-electron chi connectivity index (χ0n) is 10.5. The standard InChI is InChI=1S/C12H17ClN4O2/c13-9(5-19-7-18)11-10(14)12(16-6-15-11)17-8-3-1-2-4-8/h6-9H,1-5,14H2,(H,15,16,17). The van der Waals surface area contributed by atoms with Crippen LogP contribution in [0, 0.1) is 0 Å². The maximum absolute atomic E-state index is 10.2. The van der Waals surface area contributed by atoms with Crippen LogP contribution in [0.1, 0.15) is 36.8 Å². The maximum Gasteiger partial charge on any atom is 0.293 e. The molecule has 1 aliphatic rings. The lowest BCUT2D eigenvalue weighted by Gasteiger charge is -2.17. The number of nitrogens with two attached hydrogens (primary N) is 1. The Labute approximate surface area is 116 Å². The van der Waals surface area contributed by atoms with Crippen molar-refractivity contribution < 1.29 is 9.53 Å². The van der Waals surface area contributed by atoms with Gasteiger partial charge in [0.15, 0.2) is 5.82 Å². The Kier molecular flexibility index (Phi) is 4.79. The lowest BCUT2D eigenvalue weighted by Crippen LogP contribution is -2.18. The second kappa shape index (κ2) is 6.56. The van der Waals surface area contributed by atoms with E-state index < -0.39 is 5.38 Å². The number of alkyl halides is 1. The lowest BCUT2D eigenvalue weighted by molar-refractivity contribution is -0.128. The third kappa shape index (κ3) is 3.47. The van der Waals surface area contributed by atoms with Crippen LogP contribution >= 0.6 is 11.6 Å². The van der Waals surface area contributed by atoms with Crippen molar-refractivity contribution in [3.63, 3.8) is 0 Å². The van der Waals surface area contributed by atoms with Crippen LogP contribution in [-0.2, 0) is 9.53 Å². The van der Waals surface area contributed by atoms with Crippen LogP contribution in [0.2, 0.25) is 0 Å². The molecule has 0 aliphatic heterocycles. The van der Waals surface area contributed by atoms with E-state index in [-0.39, 0.29) is 6.61 Å². The number of hydrogen-bond acceptors (Lipinski definition) is 6. The molecular weight excluding hydrogens is 268 g/mol. The molecule has 0 aromatic carbocycles. The monoisotopic (exact) mass is 284 g/mol. The first-order valence-corrected chi connectivity index (χ1v) is 6.72. The van der Waals surface area contributed by atoms with Crippen molar-refractivity contribution in [1.29, 1.82) is 0 Å². The Balaban J connectivity index is 2.09. The number of rotatable bonds is 6.